The van der Waals surface area contributed by atoms with E-state index in [9.17, 15) is 32.3 Å². The molecule has 32 heavy (non-hydrogen) atoms. The van der Waals surface area contributed by atoms with Crippen LogP contribution in [0.25, 0.3) is 0 Å². The third-order valence-electron chi connectivity index (χ3n) is 6.82. The Morgan fingerprint density at radius 2 is 1.75 bits per heavy atom. The minimum atomic E-state index is -4.72. The fourth-order valence-corrected chi connectivity index (χ4v) is 4.53. The maximum atomic E-state index is 12.8. The van der Waals surface area contributed by atoms with Crippen molar-refractivity contribution in [2.24, 2.45) is 22.7 Å². The summed E-state index contributed by atoms with van der Waals surface area (Å²) < 4.78 is 57.9. The molecule has 11 heteroatoms. The van der Waals surface area contributed by atoms with Crippen LogP contribution >= 0.6 is 0 Å². The van der Waals surface area contributed by atoms with E-state index in [1.54, 1.807) is 13.8 Å². The summed E-state index contributed by atoms with van der Waals surface area (Å²) in [4.78, 5) is 50.0. The molecule has 1 saturated heterocycles. The Balaban J connectivity index is 1.69. The second kappa shape index (κ2) is 7.62. The van der Waals surface area contributed by atoms with Crippen LogP contribution in [0.5, 0.6) is 0 Å². The lowest BCUT2D eigenvalue weighted by atomic mass is 9.73. The average molecular weight is 464 g/mol. The van der Waals surface area contributed by atoms with Crippen molar-refractivity contribution in [3.63, 3.8) is 0 Å². The number of hydrogen-bond donors (Lipinski definition) is 0. The second-order valence-corrected chi connectivity index (χ2v) is 9.85. The van der Waals surface area contributed by atoms with E-state index in [-0.39, 0.29) is 12.8 Å². The van der Waals surface area contributed by atoms with Gasteiger partial charge >= 0.3 is 30.1 Å². The highest BCUT2D eigenvalue weighted by Gasteiger charge is 2.75. The van der Waals surface area contributed by atoms with Crippen LogP contribution in [0, 0.1) is 22.7 Å². The van der Waals surface area contributed by atoms with Gasteiger partial charge in [0.1, 0.15) is 12.2 Å². The SMILES string of the molecule is CCC(C)(C)C(=O)OC(C)(C)C(=O)OC1C2CC3C1OC(=O)C3(C(=O)OCC(F)(F)F)C2. The molecule has 3 aliphatic rings. The third kappa shape index (κ3) is 3.94. The lowest BCUT2D eigenvalue weighted by molar-refractivity contribution is -0.197. The summed E-state index contributed by atoms with van der Waals surface area (Å²) in [6, 6.07) is 0. The van der Waals surface area contributed by atoms with Crippen LogP contribution in [0.15, 0.2) is 0 Å². The van der Waals surface area contributed by atoms with Crippen LogP contribution in [0.1, 0.15) is 53.9 Å². The summed E-state index contributed by atoms with van der Waals surface area (Å²) in [5, 5.41) is 0. The van der Waals surface area contributed by atoms with E-state index in [1.165, 1.54) is 13.8 Å². The highest BCUT2D eigenvalue weighted by atomic mass is 19.4. The highest BCUT2D eigenvalue weighted by molar-refractivity contribution is 6.03. The molecule has 0 spiro atoms. The molecular weight excluding hydrogens is 437 g/mol. The number of fused-ring (bicyclic) bond motifs is 1. The Morgan fingerprint density at radius 3 is 2.31 bits per heavy atom. The van der Waals surface area contributed by atoms with Crippen molar-refractivity contribution < 1.29 is 51.3 Å². The number of halogens is 3. The molecule has 3 fully saturated rings. The van der Waals surface area contributed by atoms with Gasteiger partial charge in [0, 0.05) is 11.8 Å². The molecular formula is C21H27F3O8. The zero-order valence-electron chi connectivity index (χ0n) is 18.5. The van der Waals surface area contributed by atoms with E-state index in [0.29, 0.717) is 6.42 Å². The van der Waals surface area contributed by atoms with Gasteiger partial charge in [-0.3, -0.25) is 14.4 Å². The molecule has 1 aliphatic heterocycles. The van der Waals surface area contributed by atoms with E-state index in [1.807, 2.05) is 6.92 Å². The van der Waals surface area contributed by atoms with Gasteiger partial charge in [-0.15, -0.1) is 0 Å². The van der Waals surface area contributed by atoms with Crippen molar-refractivity contribution in [3.05, 3.63) is 0 Å². The van der Waals surface area contributed by atoms with Crippen LogP contribution in [0.3, 0.4) is 0 Å². The molecule has 0 aromatic rings. The van der Waals surface area contributed by atoms with Crippen LogP contribution in [0.4, 0.5) is 13.2 Å². The molecule has 3 rings (SSSR count). The first-order valence-corrected chi connectivity index (χ1v) is 10.4. The van der Waals surface area contributed by atoms with Crippen LogP contribution in [-0.4, -0.2) is 54.5 Å². The first kappa shape index (κ1) is 24.3. The number of esters is 4. The number of carbonyl (C=O) groups is 4. The molecule has 0 aromatic heterocycles. The van der Waals surface area contributed by atoms with Crippen molar-refractivity contribution in [1.29, 1.82) is 0 Å². The van der Waals surface area contributed by atoms with Gasteiger partial charge in [-0.25, -0.2) is 4.79 Å². The van der Waals surface area contributed by atoms with Crippen molar-refractivity contribution in [2.75, 3.05) is 6.61 Å². The first-order valence-electron chi connectivity index (χ1n) is 10.4. The van der Waals surface area contributed by atoms with Crippen molar-refractivity contribution >= 4 is 23.9 Å². The Kier molecular flexibility index (Phi) is 5.79. The van der Waals surface area contributed by atoms with Crippen LogP contribution < -0.4 is 0 Å². The van der Waals surface area contributed by atoms with E-state index in [4.69, 9.17) is 14.2 Å². The quantitative estimate of drug-likeness (QED) is 0.322. The maximum absolute atomic E-state index is 12.8. The van der Waals surface area contributed by atoms with Gasteiger partial charge in [-0.1, -0.05) is 6.92 Å². The van der Waals surface area contributed by atoms with Gasteiger partial charge in [0.2, 0.25) is 5.60 Å². The highest BCUT2D eigenvalue weighted by Crippen LogP contribution is 2.63. The minimum Gasteiger partial charge on any atom is -0.457 e. The van der Waals surface area contributed by atoms with Crippen LogP contribution in [0.2, 0.25) is 0 Å². The largest absolute Gasteiger partial charge is 0.457 e. The number of rotatable bonds is 7. The van der Waals surface area contributed by atoms with Gasteiger partial charge in [-0.05, 0) is 47.0 Å². The molecule has 0 aromatic carbocycles. The van der Waals surface area contributed by atoms with Gasteiger partial charge in [0.15, 0.2) is 12.0 Å². The number of ether oxygens (including phenoxy) is 4. The molecule has 5 atom stereocenters. The summed E-state index contributed by atoms with van der Waals surface area (Å²) in [6.07, 6.45) is -5.96. The molecule has 2 saturated carbocycles. The Morgan fingerprint density at radius 1 is 1.12 bits per heavy atom. The number of hydrogen-bond acceptors (Lipinski definition) is 8. The molecule has 2 aliphatic carbocycles. The molecule has 0 amide bonds. The van der Waals surface area contributed by atoms with Crippen molar-refractivity contribution in [3.8, 4) is 0 Å². The molecule has 8 nitrogen and oxygen atoms in total. The van der Waals surface area contributed by atoms with E-state index < -0.39 is 77.1 Å². The fraction of sp³-hybridized carbons (Fsp3) is 0.810. The zero-order valence-corrected chi connectivity index (χ0v) is 18.5. The van der Waals surface area contributed by atoms with Gasteiger partial charge in [0.05, 0.1) is 5.41 Å². The average Bonchev–Trinajstić information content (AvgIpc) is 3.27. The third-order valence-corrected chi connectivity index (χ3v) is 6.82. The molecule has 5 unspecified atom stereocenters. The Bertz CT molecular complexity index is 833. The summed E-state index contributed by atoms with van der Waals surface area (Å²) in [5.74, 6) is -4.87. The second-order valence-electron chi connectivity index (χ2n) is 9.85. The molecule has 1 heterocycles. The van der Waals surface area contributed by atoms with Crippen molar-refractivity contribution in [2.45, 2.75) is 77.9 Å². The monoisotopic (exact) mass is 464 g/mol. The van der Waals surface area contributed by atoms with Gasteiger partial charge in [0.25, 0.3) is 0 Å². The molecule has 0 radical (unpaired) electrons. The maximum Gasteiger partial charge on any atom is 0.422 e. The predicted octanol–water partition coefficient (Wildman–Crippen LogP) is 2.71. The lowest BCUT2D eigenvalue weighted by Crippen LogP contribution is -2.49. The summed E-state index contributed by atoms with van der Waals surface area (Å²) in [6.45, 7) is 6.14. The van der Waals surface area contributed by atoms with Gasteiger partial charge in [-0.2, -0.15) is 13.2 Å². The zero-order chi connectivity index (χ0) is 24.3. The first-order chi connectivity index (χ1) is 14.5. The Hall–Kier alpha value is -2.33. The number of alkyl halides is 3. The van der Waals surface area contributed by atoms with E-state index >= 15 is 0 Å². The smallest absolute Gasteiger partial charge is 0.422 e. The van der Waals surface area contributed by atoms with Crippen LogP contribution in [-0.2, 0) is 38.1 Å². The molecule has 2 bridgehead atoms. The summed E-state index contributed by atoms with van der Waals surface area (Å²) in [5.41, 5.74) is -4.23. The topological polar surface area (TPSA) is 105 Å². The lowest BCUT2D eigenvalue weighted by Gasteiger charge is -2.33. The van der Waals surface area contributed by atoms with Crippen molar-refractivity contribution in [1.82, 2.24) is 0 Å². The molecule has 180 valence electrons. The van der Waals surface area contributed by atoms with E-state index in [2.05, 4.69) is 4.74 Å². The molecule has 0 N–H and O–H groups in total. The standard InChI is InChI=1S/C21H27F3O8/c1-6-18(2,3)14(25)32-19(4,5)15(26)30-12-10-7-11-13(12)31-17(28)20(11,8-10)16(27)29-9-21(22,23)24/h10-13H,6-9H2,1-5H3. The minimum absolute atomic E-state index is 0.134. The van der Waals surface area contributed by atoms with E-state index in [0.717, 1.165) is 0 Å². The number of carbonyl (C=O) groups excluding carboxylic acids is 4. The Labute approximate surface area is 183 Å². The van der Waals surface area contributed by atoms with Gasteiger partial charge < -0.3 is 18.9 Å². The summed E-state index contributed by atoms with van der Waals surface area (Å²) in [7, 11) is 0. The summed E-state index contributed by atoms with van der Waals surface area (Å²) >= 11 is 0. The normalized spacial score (nSPS) is 31.3. The fourth-order valence-electron chi connectivity index (χ4n) is 4.53. The predicted molar refractivity (Wildman–Crippen MR) is 99.7 cm³/mol.